The summed E-state index contributed by atoms with van der Waals surface area (Å²) in [4.78, 5) is 0. The Morgan fingerprint density at radius 3 is 2.35 bits per heavy atom. The molecule has 1 heterocycles. The van der Waals surface area contributed by atoms with Crippen molar-refractivity contribution < 1.29 is 0 Å². The van der Waals surface area contributed by atoms with E-state index < -0.39 is 0 Å². The van der Waals surface area contributed by atoms with Crippen molar-refractivity contribution >= 4 is 0 Å². The lowest BCUT2D eigenvalue weighted by molar-refractivity contribution is 0.398. The monoisotopic (exact) mass is 236 g/mol. The van der Waals surface area contributed by atoms with Crippen molar-refractivity contribution in [1.29, 1.82) is 0 Å². The predicted molar refractivity (Wildman–Crippen MR) is 69.1 cm³/mol. The second-order valence-electron chi connectivity index (χ2n) is 6.38. The molecule has 0 aliphatic heterocycles. The molecule has 1 saturated carbocycles. The molecule has 0 amide bonds. The largest absolute Gasteiger partial charge is 0.276 e. The van der Waals surface area contributed by atoms with Gasteiger partial charge in [0.2, 0.25) is 0 Å². The van der Waals surface area contributed by atoms with Gasteiger partial charge in [-0.2, -0.15) is 5.10 Å². The zero-order valence-corrected chi connectivity index (χ0v) is 11.5. The number of aryl methyl sites for hydroxylation is 1. The van der Waals surface area contributed by atoms with Gasteiger partial charge in [-0.25, -0.2) is 0 Å². The Balaban J connectivity index is 2.09. The van der Waals surface area contributed by atoms with E-state index in [1.54, 1.807) is 0 Å². The van der Waals surface area contributed by atoms with Crippen LogP contribution in [-0.4, -0.2) is 15.8 Å². The lowest BCUT2D eigenvalue weighted by Crippen LogP contribution is -2.40. The van der Waals surface area contributed by atoms with Crippen molar-refractivity contribution in [2.75, 3.05) is 0 Å². The van der Waals surface area contributed by atoms with E-state index in [0.29, 0.717) is 22.8 Å². The first kappa shape index (κ1) is 12.6. The first-order chi connectivity index (χ1) is 7.80. The minimum atomic E-state index is 0.301. The van der Waals surface area contributed by atoms with Crippen molar-refractivity contribution in [3.05, 3.63) is 18.0 Å². The minimum Gasteiger partial charge on any atom is -0.276 e. The van der Waals surface area contributed by atoms with Gasteiger partial charge in [0, 0.05) is 25.7 Å². The number of hydrogen-bond acceptors (Lipinski definition) is 3. The molecule has 3 N–H and O–H groups in total. The van der Waals surface area contributed by atoms with Gasteiger partial charge in [0.25, 0.3) is 0 Å². The van der Waals surface area contributed by atoms with Gasteiger partial charge in [-0.15, -0.1) is 0 Å². The highest BCUT2D eigenvalue weighted by molar-refractivity contribution is 5.18. The Morgan fingerprint density at radius 2 is 2.00 bits per heavy atom. The summed E-state index contributed by atoms with van der Waals surface area (Å²) in [6, 6.07) is 2.36. The zero-order valence-electron chi connectivity index (χ0n) is 11.5. The molecule has 2 rings (SSSR count). The van der Waals surface area contributed by atoms with E-state index in [1.807, 2.05) is 17.9 Å². The maximum atomic E-state index is 5.73. The van der Waals surface area contributed by atoms with E-state index in [4.69, 9.17) is 5.84 Å². The van der Waals surface area contributed by atoms with Crippen LogP contribution in [0.4, 0.5) is 0 Å². The third-order valence-electron chi connectivity index (χ3n) is 4.95. The number of nitrogens with zero attached hydrogens (tertiary/aromatic N) is 2. The highest BCUT2D eigenvalue weighted by Crippen LogP contribution is 2.69. The van der Waals surface area contributed by atoms with Crippen LogP contribution >= 0.6 is 0 Å². The van der Waals surface area contributed by atoms with E-state index in [-0.39, 0.29) is 0 Å². The summed E-state index contributed by atoms with van der Waals surface area (Å²) in [5.74, 6) is 6.33. The quantitative estimate of drug-likeness (QED) is 0.615. The number of hydrazine groups is 1. The molecule has 1 aliphatic rings. The molecular weight excluding hydrogens is 212 g/mol. The normalized spacial score (nSPS) is 23.6. The molecule has 1 aromatic rings. The van der Waals surface area contributed by atoms with E-state index in [2.05, 4.69) is 44.3 Å². The number of nitrogens with one attached hydrogen (secondary N) is 1. The van der Waals surface area contributed by atoms with Crippen LogP contribution in [0.2, 0.25) is 0 Å². The van der Waals surface area contributed by atoms with E-state index in [9.17, 15) is 0 Å². The Morgan fingerprint density at radius 1 is 1.41 bits per heavy atom. The molecule has 0 bridgehead atoms. The summed E-state index contributed by atoms with van der Waals surface area (Å²) in [6.45, 7) is 9.28. The molecule has 0 spiro atoms. The first-order valence-electron chi connectivity index (χ1n) is 6.25. The van der Waals surface area contributed by atoms with Crippen LogP contribution in [0.25, 0.3) is 0 Å². The molecule has 1 aliphatic carbocycles. The van der Waals surface area contributed by atoms with Gasteiger partial charge in [-0.05, 0) is 22.8 Å². The average molecular weight is 236 g/mol. The Kier molecular flexibility index (Phi) is 2.83. The highest BCUT2D eigenvalue weighted by Gasteiger charge is 2.66. The molecule has 4 heteroatoms. The molecule has 0 radical (unpaired) electrons. The lowest BCUT2D eigenvalue weighted by atomic mass is 10.0. The van der Waals surface area contributed by atoms with Gasteiger partial charge >= 0.3 is 0 Å². The Hall–Kier alpha value is -0.870. The van der Waals surface area contributed by atoms with Crippen molar-refractivity contribution in [3.63, 3.8) is 0 Å². The van der Waals surface area contributed by atoms with Crippen LogP contribution in [0.3, 0.4) is 0 Å². The summed E-state index contributed by atoms with van der Waals surface area (Å²) in [7, 11) is 1.94. The first-order valence-corrected chi connectivity index (χ1v) is 6.25. The van der Waals surface area contributed by atoms with Crippen LogP contribution in [0.15, 0.2) is 12.3 Å². The number of nitrogens with two attached hydrogens (primary N) is 1. The number of rotatable bonds is 4. The van der Waals surface area contributed by atoms with Crippen LogP contribution in [0.1, 0.15) is 33.4 Å². The minimum absolute atomic E-state index is 0.301. The van der Waals surface area contributed by atoms with Crippen LogP contribution in [-0.2, 0) is 13.5 Å². The molecule has 0 aromatic carbocycles. The van der Waals surface area contributed by atoms with Crippen molar-refractivity contribution in [3.8, 4) is 0 Å². The topological polar surface area (TPSA) is 55.9 Å². The second kappa shape index (κ2) is 3.82. The predicted octanol–water partition coefficient (Wildman–Crippen LogP) is 1.48. The average Bonchev–Trinajstić information content (AvgIpc) is 2.55. The van der Waals surface area contributed by atoms with Crippen molar-refractivity contribution in [2.45, 2.75) is 40.2 Å². The highest BCUT2D eigenvalue weighted by atomic mass is 15.3. The van der Waals surface area contributed by atoms with Crippen LogP contribution < -0.4 is 11.3 Å². The molecule has 1 fully saturated rings. The summed E-state index contributed by atoms with van der Waals surface area (Å²) in [5.41, 5.74) is 4.78. The molecule has 0 saturated heterocycles. The summed E-state index contributed by atoms with van der Waals surface area (Å²) < 4.78 is 1.84. The summed E-state index contributed by atoms with van der Waals surface area (Å²) in [5, 5.41) is 4.43. The lowest BCUT2D eigenvalue weighted by Gasteiger charge is -2.16. The molecule has 1 aromatic heterocycles. The summed E-state index contributed by atoms with van der Waals surface area (Å²) in [6.07, 6.45) is 2.88. The van der Waals surface area contributed by atoms with Gasteiger partial charge in [0.05, 0.1) is 5.69 Å². The fourth-order valence-electron chi connectivity index (χ4n) is 3.32. The Labute approximate surface area is 104 Å². The third-order valence-corrected chi connectivity index (χ3v) is 4.95. The standard InChI is InChI=1S/C13H24N4/c1-12(2)11(13(12,3)4)10(15-14)8-9-6-7-17(5)16-9/h6-7,10-11,15H,8,14H2,1-5H3. The summed E-state index contributed by atoms with van der Waals surface area (Å²) >= 11 is 0. The fraction of sp³-hybridized carbons (Fsp3) is 0.769. The van der Waals surface area contributed by atoms with Gasteiger partial charge in [-0.1, -0.05) is 27.7 Å². The van der Waals surface area contributed by atoms with Gasteiger partial charge in [0.1, 0.15) is 0 Å². The molecule has 1 atom stereocenters. The van der Waals surface area contributed by atoms with Gasteiger partial charge in [0.15, 0.2) is 0 Å². The smallest absolute Gasteiger partial charge is 0.0640 e. The van der Waals surface area contributed by atoms with Gasteiger partial charge < -0.3 is 0 Å². The SMILES string of the molecule is Cn1ccc(CC(NN)C2C(C)(C)C2(C)C)n1. The molecule has 1 unspecified atom stereocenters. The van der Waals surface area contributed by atoms with E-state index in [1.165, 1.54) is 0 Å². The third kappa shape index (κ3) is 1.89. The van der Waals surface area contributed by atoms with Crippen LogP contribution in [0, 0.1) is 16.7 Å². The molecule has 96 valence electrons. The van der Waals surface area contributed by atoms with E-state index in [0.717, 1.165) is 12.1 Å². The fourth-order valence-corrected chi connectivity index (χ4v) is 3.32. The molecule has 17 heavy (non-hydrogen) atoms. The van der Waals surface area contributed by atoms with Crippen molar-refractivity contribution in [2.24, 2.45) is 29.6 Å². The van der Waals surface area contributed by atoms with E-state index >= 15 is 0 Å². The van der Waals surface area contributed by atoms with Gasteiger partial charge in [-0.3, -0.25) is 16.0 Å². The maximum absolute atomic E-state index is 5.73. The number of aromatic nitrogens is 2. The maximum Gasteiger partial charge on any atom is 0.0640 e. The van der Waals surface area contributed by atoms with Crippen LogP contribution in [0.5, 0.6) is 0 Å². The number of hydrogen-bond donors (Lipinski definition) is 2. The molecule has 4 nitrogen and oxygen atoms in total. The second-order valence-corrected chi connectivity index (χ2v) is 6.38. The zero-order chi connectivity index (χ0) is 12.8. The van der Waals surface area contributed by atoms with Crippen molar-refractivity contribution in [1.82, 2.24) is 15.2 Å². The molecular formula is C13H24N4. The Bertz CT molecular complexity index is 391.